The largest absolute Gasteiger partial charge is 0.486 e. The fourth-order valence-electron chi connectivity index (χ4n) is 3.65. The number of rotatable bonds is 10. The van der Waals surface area contributed by atoms with E-state index in [1.807, 2.05) is 36.4 Å². The molecule has 3 rings (SSSR count). The molecule has 3 nitrogen and oxygen atoms in total. The Bertz CT molecular complexity index is 1030. The number of alkyl halides is 3. The van der Waals surface area contributed by atoms with Gasteiger partial charge in [-0.3, -0.25) is 4.79 Å². The summed E-state index contributed by atoms with van der Waals surface area (Å²) < 4.78 is 44.6. The summed E-state index contributed by atoms with van der Waals surface area (Å²) in [5, 5.41) is 0. The van der Waals surface area contributed by atoms with Crippen LogP contribution in [0.15, 0.2) is 72.8 Å². The Kier molecular flexibility index (Phi) is 8.15. The fraction of sp³-hybridized carbons (Fsp3) is 0.296. The lowest BCUT2D eigenvalue weighted by Gasteiger charge is -2.20. The van der Waals surface area contributed by atoms with Crippen molar-refractivity contribution in [1.29, 1.82) is 0 Å². The van der Waals surface area contributed by atoms with Crippen molar-refractivity contribution in [2.24, 2.45) is 5.73 Å². The van der Waals surface area contributed by atoms with Crippen LogP contribution in [-0.4, -0.2) is 5.91 Å². The standard InChI is InChI=1S/C27H28F3NO2/c1-2-3-4-5-6-25(21-7-9-22(10-8-21)26(31)32)33-24-17-13-20(14-18-24)19-11-15-23(16-12-19)27(28,29)30/h7-18,25H,2-6H2,1H3,(H2,31,32). The Morgan fingerprint density at radius 1 is 0.848 bits per heavy atom. The number of unbranched alkanes of at least 4 members (excludes halogenated alkanes) is 3. The second-order valence-corrected chi connectivity index (χ2v) is 8.04. The number of carbonyl (C=O) groups excluding carboxylic acids is 1. The molecule has 0 aliphatic heterocycles. The Morgan fingerprint density at radius 2 is 1.42 bits per heavy atom. The number of benzene rings is 3. The van der Waals surface area contributed by atoms with Gasteiger partial charge in [0.05, 0.1) is 5.56 Å². The van der Waals surface area contributed by atoms with Crippen LogP contribution in [0.2, 0.25) is 0 Å². The predicted molar refractivity (Wildman–Crippen MR) is 124 cm³/mol. The van der Waals surface area contributed by atoms with Crippen LogP contribution in [0.1, 0.15) is 66.6 Å². The Labute approximate surface area is 192 Å². The first-order valence-corrected chi connectivity index (χ1v) is 11.1. The molecule has 0 radical (unpaired) electrons. The molecule has 0 saturated carbocycles. The van der Waals surface area contributed by atoms with Crippen molar-refractivity contribution in [2.75, 3.05) is 0 Å². The molecule has 1 amide bonds. The molecule has 0 heterocycles. The second kappa shape index (κ2) is 11.0. The zero-order valence-electron chi connectivity index (χ0n) is 18.6. The van der Waals surface area contributed by atoms with E-state index in [9.17, 15) is 18.0 Å². The normalized spacial score (nSPS) is 12.4. The van der Waals surface area contributed by atoms with Gasteiger partial charge in [0.15, 0.2) is 0 Å². The van der Waals surface area contributed by atoms with Crippen LogP contribution in [0, 0.1) is 0 Å². The van der Waals surface area contributed by atoms with E-state index in [1.165, 1.54) is 12.1 Å². The minimum Gasteiger partial charge on any atom is -0.486 e. The van der Waals surface area contributed by atoms with Gasteiger partial charge in [-0.05, 0) is 65.9 Å². The van der Waals surface area contributed by atoms with Crippen LogP contribution in [0.25, 0.3) is 11.1 Å². The first-order valence-electron chi connectivity index (χ1n) is 11.1. The predicted octanol–water partition coefficient (Wildman–Crippen LogP) is 7.56. The molecule has 0 spiro atoms. The molecule has 0 aromatic heterocycles. The summed E-state index contributed by atoms with van der Waals surface area (Å²) >= 11 is 0. The van der Waals surface area contributed by atoms with Crippen molar-refractivity contribution in [2.45, 2.75) is 51.3 Å². The molecule has 33 heavy (non-hydrogen) atoms. The Balaban J connectivity index is 1.74. The number of ether oxygens (including phenoxy) is 1. The fourth-order valence-corrected chi connectivity index (χ4v) is 3.65. The highest BCUT2D eigenvalue weighted by Crippen LogP contribution is 2.32. The zero-order chi connectivity index (χ0) is 23.8. The summed E-state index contributed by atoms with van der Waals surface area (Å²) in [6, 6.07) is 19.6. The van der Waals surface area contributed by atoms with E-state index in [0.717, 1.165) is 55.4 Å². The molecule has 0 bridgehead atoms. The van der Waals surface area contributed by atoms with Crippen molar-refractivity contribution in [3.63, 3.8) is 0 Å². The summed E-state index contributed by atoms with van der Waals surface area (Å²) in [5.41, 5.74) is 7.59. The maximum Gasteiger partial charge on any atom is 0.416 e. The van der Waals surface area contributed by atoms with E-state index < -0.39 is 17.6 Å². The molecule has 1 atom stereocenters. The highest BCUT2D eigenvalue weighted by molar-refractivity contribution is 5.92. The average Bonchev–Trinajstić information content (AvgIpc) is 2.81. The molecule has 3 aromatic rings. The molecule has 0 aliphatic carbocycles. The molecule has 1 unspecified atom stereocenters. The van der Waals surface area contributed by atoms with E-state index >= 15 is 0 Å². The van der Waals surface area contributed by atoms with Crippen molar-refractivity contribution < 1.29 is 22.7 Å². The van der Waals surface area contributed by atoms with E-state index in [2.05, 4.69) is 6.92 Å². The highest BCUT2D eigenvalue weighted by Gasteiger charge is 2.29. The quantitative estimate of drug-likeness (QED) is 0.321. The van der Waals surface area contributed by atoms with Crippen LogP contribution in [0.3, 0.4) is 0 Å². The van der Waals surface area contributed by atoms with Gasteiger partial charge in [-0.2, -0.15) is 13.2 Å². The van der Waals surface area contributed by atoms with Crippen molar-refractivity contribution in [3.8, 4) is 16.9 Å². The van der Waals surface area contributed by atoms with Gasteiger partial charge >= 0.3 is 6.18 Å². The summed E-state index contributed by atoms with van der Waals surface area (Å²) in [7, 11) is 0. The van der Waals surface area contributed by atoms with Crippen LogP contribution in [0.5, 0.6) is 5.75 Å². The molecule has 2 N–H and O–H groups in total. The van der Waals surface area contributed by atoms with E-state index in [0.29, 0.717) is 16.9 Å². The first kappa shape index (κ1) is 24.4. The van der Waals surface area contributed by atoms with E-state index in [4.69, 9.17) is 10.5 Å². The van der Waals surface area contributed by atoms with Gasteiger partial charge in [-0.15, -0.1) is 0 Å². The molecule has 0 fully saturated rings. The SMILES string of the molecule is CCCCCCC(Oc1ccc(-c2ccc(C(F)(F)F)cc2)cc1)c1ccc(C(N)=O)cc1. The molecule has 174 valence electrons. The third-order valence-corrected chi connectivity index (χ3v) is 5.57. The summed E-state index contributed by atoms with van der Waals surface area (Å²) in [6.45, 7) is 2.16. The topological polar surface area (TPSA) is 52.3 Å². The molecular formula is C27H28F3NO2. The number of nitrogens with two attached hydrogens (primary N) is 1. The van der Waals surface area contributed by atoms with Crippen LogP contribution in [0.4, 0.5) is 13.2 Å². The van der Waals surface area contributed by atoms with Gasteiger partial charge < -0.3 is 10.5 Å². The molecule has 0 aliphatic rings. The Morgan fingerprint density at radius 3 is 1.94 bits per heavy atom. The van der Waals surface area contributed by atoms with E-state index in [1.54, 1.807) is 12.1 Å². The van der Waals surface area contributed by atoms with Crippen LogP contribution < -0.4 is 10.5 Å². The highest BCUT2D eigenvalue weighted by atomic mass is 19.4. The maximum absolute atomic E-state index is 12.8. The molecular weight excluding hydrogens is 427 g/mol. The number of amides is 1. The molecule has 6 heteroatoms. The van der Waals surface area contributed by atoms with Crippen molar-refractivity contribution >= 4 is 5.91 Å². The third kappa shape index (κ3) is 6.85. The van der Waals surface area contributed by atoms with Gasteiger partial charge in [-0.1, -0.05) is 62.6 Å². The Hall–Kier alpha value is -3.28. The summed E-state index contributed by atoms with van der Waals surface area (Å²) in [5.74, 6) is 0.200. The monoisotopic (exact) mass is 455 g/mol. The van der Waals surface area contributed by atoms with Gasteiger partial charge in [0.1, 0.15) is 11.9 Å². The smallest absolute Gasteiger partial charge is 0.416 e. The molecule has 0 saturated heterocycles. The summed E-state index contributed by atoms with van der Waals surface area (Å²) in [4.78, 5) is 11.4. The van der Waals surface area contributed by atoms with E-state index in [-0.39, 0.29) is 6.10 Å². The number of hydrogen-bond donors (Lipinski definition) is 1. The average molecular weight is 456 g/mol. The number of halogens is 3. The third-order valence-electron chi connectivity index (χ3n) is 5.57. The van der Waals surface area contributed by atoms with Gasteiger partial charge in [0, 0.05) is 5.56 Å². The minimum atomic E-state index is -4.35. The van der Waals surface area contributed by atoms with Crippen LogP contribution >= 0.6 is 0 Å². The number of primary amides is 1. The van der Waals surface area contributed by atoms with Crippen LogP contribution in [-0.2, 0) is 6.18 Å². The minimum absolute atomic E-state index is 0.180. The lowest BCUT2D eigenvalue weighted by atomic mass is 10.0. The molecule has 3 aromatic carbocycles. The van der Waals surface area contributed by atoms with Crippen molar-refractivity contribution in [3.05, 3.63) is 89.5 Å². The lowest BCUT2D eigenvalue weighted by molar-refractivity contribution is -0.137. The summed E-state index contributed by atoms with van der Waals surface area (Å²) in [6.07, 6.45) is 0.733. The number of hydrogen-bond acceptors (Lipinski definition) is 2. The van der Waals surface area contributed by atoms with Gasteiger partial charge in [0.2, 0.25) is 5.91 Å². The van der Waals surface area contributed by atoms with Gasteiger partial charge in [0.25, 0.3) is 0 Å². The lowest BCUT2D eigenvalue weighted by Crippen LogP contribution is -2.12. The van der Waals surface area contributed by atoms with Crippen molar-refractivity contribution in [1.82, 2.24) is 0 Å². The number of carbonyl (C=O) groups is 1. The first-order chi connectivity index (χ1) is 15.8. The van der Waals surface area contributed by atoms with Gasteiger partial charge in [-0.25, -0.2) is 0 Å². The zero-order valence-corrected chi connectivity index (χ0v) is 18.6. The second-order valence-electron chi connectivity index (χ2n) is 8.04. The maximum atomic E-state index is 12.8.